The van der Waals surface area contributed by atoms with E-state index in [2.05, 4.69) is 20.1 Å². The average molecular weight is 439 g/mol. The maximum Gasteiger partial charge on any atom is 0.296 e. The third-order valence-electron chi connectivity index (χ3n) is 5.99. The molecule has 2 saturated heterocycles. The van der Waals surface area contributed by atoms with E-state index in [9.17, 15) is 0 Å². The summed E-state index contributed by atoms with van der Waals surface area (Å²) in [5, 5.41) is 4.57. The molecule has 5 heterocycles. The second-order valence-electron chi connectivity index (χ2n) is 7.92. The molecule has 0 bridgehead atoms. The molecule has 0 radical (unpaired) electrons. The van der Waals surface area contributed by atoms with Gasteiger partial charge in [0.1, 0.15) is 17.0 Å². The summed E-state index contributed by atoms with van der Waals surface area (Å²) in [7, 11) is 0. The van der Waals surface area contributed by atoms with Crippen molar-refractivity contribution in [3.63, 3.8) is 0 Å². The molecule has 6 rings (SSSR count). The fourth-order valence-electron chi connectivity index (χ4n) is 4.23. The average Bonchev–Trinajstić information content (AvgIpc) is 3.53. The Labute approximate surface area is 182 Å². The normalized spacial score (nSPS) is 25.2. The fraction of sp³-hybridized carbons (Fsp3) is 0.318. The molecule has 9 heteroatoms. The molecule has 8 nitrogen and oxygen atoms in total. The van der Waals surface area contributed by atoms with Gasteiger partial charge in [0.15, 0.2) is 17.5 Å². The molecule has 2 aliphatic heterocycles. The number of aromatic amines is 1. The lowest BCUT2D eigenvalue weighted by Gasteiger charge is -2.27. The van der Waals surface area contributed by atoms with Crippen molar-refractivity contribution in [3.8, 4) is 28.7 Å². The summed E-state index contributed by atoms with van der Waals surface area (Å²) in [4.78, 5) is 12.2. The van der Waals surface area contributed by atoms with Gasteiger partial charge in [-0.15, -0.1) is 0 Å². The highest BCUT2D eigenvalue weighted by Gasteiger charge is 2.54. The second kappa shape index (κ2) is 7.05. The first kappa shape index (κ1) is 18.8. The first-order chi connectivity index (χ1) is 15.1. The van der Waals surface area contributed by atoms with Gasteiger partial charge in [-0.1, -0.05) is 47.1 Å². The lowest BCUT2D eigenvalue weighted by molar-refractivity contribution is -0.0551. The van der Waals surface area contributed by atoms with Crippen molar-refractivity contribution >= 4 is 22.8 Å². The molecular formula is C22H19ClN4O4. The highest BCUT2D eigenvalue weighted by molar-refractivity contribution is 6.33. The van der Waals surface area contributed by atoms with Gasteiger partial charge in [-0.05, 0) is 19.4 Å². The number of rotatable bonds is 4. The van der Waals surface area contributed by atoms with Gasteiger partial charge < -0.3 is 23.7 Å². The van der Waals surface area contributed by atoms with Crippen LogP contribution in [0.1, 0.15) is 13.3 Å². The summed E-state index contributed by atoms with van der Waals surface area (Å²) < 4.78 is 23.3. The van der Waals surface area contributed by atoms with E-state index in [1.54, 1.807) is 6.07 Å². The maximum atomic E-state index is 6.49. The Morgan fingerprint density at radius 3 is 2.94 bits per heavy atom. The Bertz CT molecular complexity index is 1260. The number of hydrogen-bond donors (Lipinski definition) is 1. The molecule has 1 unspecified atom stereocenters. The molecule has 31 heavy (non-hydrogen) atoms. The summed E-state index contributed by atoms with van der Waals surface area (Å²) in [6.07, 6.45) is 0.670. The van der Waals surface area contributed by atoms with E-state index in [0.717, 1.165) is 12.0 Å². The minimum Gasteiger partial charge on any atom is -0.456 e. The van der Waals surface area contributed by atoms with E-state index < -0.39 is 5.60 Å². The highest BCUT2D eigenvalue weighted by atomic mass is 35.5. The molecule has 158 valence electrons. The minimum atomic E-state index is -0.469. The first-order valence-corrected chi connectivity index (χ1v) is 10.5. The van der Waals surface area contributed by atoms with E-state index >= 15 is 0 Å². The molecule has 0 amide bonds. The molecule has 3 atom stereocenters. The Hall–Kier alpha value is -2.94. The Morgan fingerprint density at radius 2 is 2.06 bits per heavy atom. The number of fused-ring (bicyclic) bond motifs is 2. The van der Waals surface area contributed by atoms with Gasteiger partial charge in [0.25, 0.3) is 6.01 Å². The van der Waals surface area contributed by atoms with Crippen LogP contribution in [-0.2, 0) is 9.47 Å². The maximum absolute atomic E-state index is 6.49. The largest absolute Gasteiger partial charge is 0.456 e. The zero-order valence-corrected chi connectivity index (χ0v) is 17.4. The minimum absolute atomic E-state index is 0.0475. The number of ether oxygens (including phenoxy) is 3. The van der Waals surface area contributed by atoms with Gasteiger partial charge in [0.2, 0.25) is 0 Å². The lowest BCUT2D eigenvalue weighted by atomic mass is 9.96. The zero-order chi connectivity index (χ0) is 21.0. The third kappa shape index (κ3) is 3.10. The van der Waals surface area contributed by atoms with E-state index in [0.29, 0.717) is 52.6 Å². The molecule has 0 saturated carbocycles. The van der Waals surface area contributed by atoms with Crippen molar-refractivity contribution in [1.82, 2.24) is 20.1 Å². The summed E-state index contributed by atoms with van der Waals surface area (Å²) >= 11 is 6.49. The van der Waals surface area contributed by atoms with Crippen molar-refractivity contribution in [1.29, 1.82) is 0 Å². The molecule has 3 aromatic heterocycles. The van der Waals surface area contributed by atoms with Gasteiger partial charge in [0.05, 0.1) is 29.9 Å². The van der Waals surface area contributed by atoms with Crippen molar-refractivity contribution in [2.75, 3.05) is 13.2 Å². The van der Waals surface area contributed by atoms with E-state index in [1.807, 2.05) is 43.3 Å². The second-order valence-corrected chi connectivity index (χ2v) is 8.33. The van der Waals surface area contributed by atoms with Crippen LogP contribution in [0.15, 0.2) is 47.0 Å². The number of benzene rings is 1. The van der Waals surface area contributed by atoms with E-state index in [1.165, 1.54) is 0 Å². The smallest absolute Gasteiger partial charge is 0.296 e. The summed E-state index contributed by atoms with van der Waals surface area (Å²) in [5.41, 5.74) is 2.80. The van der Waals surface area contributed by atoms with Crippen LogP contribution >= 0.6 is 11.6 Å². The predicted octanol–water partition coefficient (Wildman–Crippen LogP) is 4.26. The molecule has 1 aromatic carbocycles. The van der Waals surface area contributed by atoms with Gasteiger partial charge in [-0.2, -0.15) is 4.98 Å². The summed E-state index contributed by atoms with van der Waals surface area (Å²) in [5.74, 6) is 0.468. The van der Waals surface area contributed by atoms with Crippen LogP contribution in [0.3, 0.4) is 0 Å². The SMILES string of the molecule is C[C@]12OCC[C@H]1OCC2Oc1nc2nc(-c3cc(-c4ccccc4)no3)c(Cl)cc2[nH]1. The number of H-pyrrole nitrogens is 1. The van der Waals surface area contributed by atoms with Crippen molar-refractivity contribution < 1.29 is 18.7 Å². The van der Waals surface area contributed by atoms with E-state index in [-0.39, 0.29) is 12.2 Å². The Balaban J connectivity index is 1.30. The van der Waals surface area contributed by atoms with Crippen LogP contribution in [0.4, 0.5) is 0 Å². The van der Waals surface area contributed by atoms with Crippen LogP contribution < -0.4 is 4.74 Å². The number of aromatic nitrogens is 4. The van der Waals surface area contributed by atoms with Crippen LogP contribution in [0.25, 0.3) is 33.9 Å². The van der Waals surface area contributed by atoms with Crippen molar-refractivity contribution in [2.24, 2.45) is 0 Å². The van der Waals surface area contributed by atoms with Crippen LogP contribution in [0.5, 0.6) is 6.01 Å². The number of nitrogens with one attached hydrogen (secondary N) is 1. The number of imidazole rings is 1. The molecule has 2 fully saturated rings. The Kier molecular flexibility index (Phi) is 4.27. The number of pyridine rings is 1. The molecular weight excluding hydrogens is 420 g/mol. The zero-order valence-electron chi connectivity index (χ0n) is 16.7. The van der Waals surface area contributed by atoms with Gasteiger partial charge in [-0.25, -0.2) is 4.98 Å². The lowest BCUT2D eigenvalue weighted by Crippen LogP contribution is -2.45. The quantitative estimate of drug-likeness (QED) is 0.508. The molecule has 0 spiro atoms. The van der Waals surface area contributed by atoms with Crippen molar-refractivity contribution in [3.05, 3.63) is 47.5 Å². The van der Waals surface area contributed by atoms with Crippen LogP contribution in [0, 0.1) is 0 Å². The molecule has 2 aliphatic rings. The van der Waals surface area contributed by atoms with Crippen molar-refractivity contribution in [2.45, 2.75) is 31.2 Å². The van der Waals surface area contributed by atoms with E-state index in [4.69, 9.17) is 30.3 Å². The first-order valence-electron chi connectivity index (χ1n) is 10.1. The van der Waals surface area contributed by atoms with Gasteiger partial charge in [-0.3, -0.25) is 0 Å². The fourth-order valence-corrected chi connectivity index (χ4v) is 4.47. The Morgan fingerprint density at radius 1 is 1.19 bits per heavy atom. The summed E-state index contributed by atoms with van der Waals surface area (Å²) in [6.45, 7) is 3.15. The van der Waals surface area contributed by atoms with Crippen LogP contribution in [-0.4, -0.2) is 51.1 Å². The predicted molar refractivity (Wildman–Crippen MR) is 113 cm³/mol. The number of halogens is 1. The highest BCUT2D eigenvalue weighted by Crippen LogP contribution is 2.39. The molecule has 1 N–H and O–H groups in total. The molecule has 4 aromatic rings. The van der Waals surface area contributed by atoms with Gasteiger partial charge in [0, 0.05) is 11.6 Å². The summed E-state index contributed by atoms with van der Waals surface area (Å²) in [6, 6.07) is 13.7. The number of hydrogen-bond acceptors (Lipinski definition) is 7. The monoisotopic (exact) mass is 438 g/mol. The third-order valence-corrected chi connectivity index (χ3v) is 6.28. The number of nitrogens with zero attached hydrogens (tertiary/aromatic N) is 3. The molecule has 0 aliphatic carbocycles. The standard InChI is InChI=1S/C22H19ClN4O4/c1-22-17(7-8-29-22)28-11-18(22)30-21-24-15-9-13(23)19(25-20(15)26-21)16-10-14(27-31-16)12-5-3-2-4-6-12/h2-6,9-10,17-18H,7-8,11H2,1H3,(H,24,25,26)/t17-,18?,22+/m1/s1. The van der Waals surface area contributed by atoms with Crippen LogP contribution in [0.2, 0.25) is 5.02 Å². The topological polar surface area (TPSA) is 95.3 Å². The van der Waals surface area contributed by atoms with Gasteiger partial charge >= 0.3 is 0 Å².